The number of halogens is 1. The van der Waals surface area contributed by atoms with E-state index in [1.807, 2.05) is 14.0 Å². The van der Waals surface area contributed by atoms with Crippen molar-refractivity contribution >= 4 is 11.3 Å². The first kappa shape index (κ1) is 11.2. The minimum absolute atomic E-state index is 0.137. The first-order chi connectivity index (χ1) is 7.72. The van der Waals surface area contributed by atoms with Gasteiger partial charge in [0.25, 0.3) is 0 Å². The standard InChI is InChI=1S/C11H12FN3S/c1-7(13-2)10-14-15-11(16-10)8-5-3-4-6-9(8)12/h3-7,13H,1-2H3. The second-order valence-corrected chi connectivity index (χ2v) is 4.44. The minimum atomic E-state index is -0.262. The van der Waals surface area contributed by atoms with Crippen LogP contribution in [0.25, 0.3) is 10.6 Å². The van der Waals surface area contributed by atoms with Gasteiger partial charge in [-0.15, -0.1) is 10.2 Å². The molecule has 3 nitrogen and oxygen atoms in total. The van der Waals surface area contributed by atoms with Gasteiger partial charge in [-0.2, -0.15) is 0 Å². The Morgan fingerprint density at radius 2 is 2.06 bits per heavy atom. The molecule has 0 aliphatic heterocycles. The summed E-state index contributed by atoms with van der Waals surface area (Å²) in [6.07, 6.45) is 0. The van der Waals surface area contributed by atoms with Crippen molar-refractivity contribution < 1.29 is 4.39 Å². The van der Waals surface area contributed by atoms with Gasteiger partial charge in [0.15, 0.2) is 5.01 Å². The van der Waals surface area contributed by atoms with Crippen LogP contribution in [0.1, 0.15) is 18.0 Å². The van der Waals surface area contributed by atoms with Crippen LogP contribution in [-0.2, 0) is 0 Å². The van der Waals surface area contributed by atoms with Crippen LogP contribution in [0.15, 0.2) is 24.3 Å². The first-order valence-corrected chi connectivity index (χ1v) is 5.79. The summed E-state index contributed by atoms with van der Waals surface area (Å²) in [5.74, 6) is -0.262. The predicted molar refractivity (Wildman–Crippen MR) is 62.8 cm³/mol. The van der Waals surface area contributed by atoms with E-state index in [4.69, 9.17) is 0 Å². The summed E-state index contributed by atoms with van der Waals surface area (Å²) in [6, 6.07) is 6.73. The minimum Gasteiger partial charge on any atom is -0.311 e. The Labute approximate surface area is 97.3 Å². The van der Waals surface area contributed by atoms with Gasteiger partial charge in [-0.1, -0.05) is 23.5 Å². The second-order valence-electron chi connectivity index (χ2n) is 3.44. The summed E-state index contributed by atoms with van der Waals surface area (Å²) in [6.45, 7) is 1.99. The van der Waals surface area contributed by atoms with E-state index < -0.39 is 0 Å². The van der Waals surface area contributed by atoms with Crippen LogP contribution in [0.4, 0.5) is 4.39 Å². The summed E-state index contributed by atoms with van der Waals surface area (Å²) in [4.78, 5) is 0. The Kier molecular flexibility index (Phi) is 3.26. The monoisotopic (exact) mass is 237 g/mol. The molecule has 16 heavy (non-hydrogen) atoms. The van der Waals surface area contributed by atoms with Gasteiger partial charge in [-0.25, -0.2) is 4.39 Å². The number of nitrogens with zero attached hydrogens (tertiary/aromatic N) is 2. The maximum absolute atomic E-state index is 13.5. The van der Waals surface area contributed by atoms with Crippen molar-refractivity contribution in [3.63, 3.8) is 0 Å². The van der Waals surface area contributed by atoms with E-state index in [2.05, 4.69) is 15.5 Å². The van der Waals surface area contributed by atoms with Gasteiger partial charge in [0.1, 0.15) is 10.8 Å². The molecule has 0 aliphatic rings. The topological polar surface area (TPSA) is 37.8 Å². The number of aromatic nitrogens is 2. The maximum atomic E-state index is 13.5. The normalized spacial score (nSPS) is 12.7. The van der Waals surface area contributed by atoms with E-state index in [0.29, 0.717) is 10.6 Å². The average Bonchev–Trinajstić information content (AvgIpc) is 2.78. The van der Waals surface area contributed by atoms with Gasteiger partial charge >= 0.3 is 0 Å². The predicted octanol–water partition coefficient (Wildman–Crippen LogP) is 2.62. The van der Waals surface area contributed by atoms with Gasteiger partial charge in [0.05, 0.1) is 6.04 Å². The fourth-order valence-electron chi connectivity index (χ4n) is 1.28. The Balaban J connectivity index is 2.35. The molecule has 5 heteroatoms. The number of benzene rings is 1. The van der Waals surface area contributed by atoms with Gasteiger partial charge in [-0.05, 0) is 26.1 Å². The lowest BCUT2D eigenvalue weighted by atomic mass is 10.2. The fraction of sp³-hybridized carbons (Fsp3) is 0.273. The molecule has 2 aromatic rings. The Morgan fingerprint density at radius 1 is 1.31 bits per heavy atom. The van der Waals surface area contributed by atoms with E-state index in [1.165, 1.54) is 17.4 Å². The van der Waals surface area contributed by atoms with Crippen LogP contribution >= 0.6 is 11.3 Å². The number of rotatable bonds is 3. The highest BCUT2D eigenvalue weighted by atomic mass is 32.1. The highest BCUT2D eigenvalue weighted by Gasteiger charge is 2.13. The summed E-state index contributed by atoms with van der Waals surface area (Å²) in [5, 5.41) is 12.6. The van der Waals surface area contributed by atoms with E-state index in [9.17, 15) is 4.39 Å². The van der Waals surface area contributed by atoms with Crippen molar-refractivity contribution in [3.8, 4) is 10.6 Å². The molecule has 1 unspecified atom stereocenters. The highest BCUT2D eigenvalue weighted by Crippen LogP contribution is 2.28. The maximum Gasteiger partial charge on any atom is 0.150 e. The van der Waals surface area contributed by atoms with Crippen LogP contribution in [-0.4, -0.2) is 17.2 Å². The zero-order valence-corrected chi connectivity index (χ0v) is 9.88. The molecule has 0 aliphatic carbocycles. The number of hydrogen-bond acceptors (Lipinski definition) is 4. The van der Waals surface area contributed by atoms with Crippen molar-refractivity contribution in [1.82, 2.24) is 15.5 Å². The molecule has 0 bridgehead atoms. The van der Waals surface area contributed by atoms with Crippen LogP contribution in [0.2, 0.25) is 0 Å². The third-order valence-electron chi connectivity index (χ3n) is 2.35. The molecule has 2 rings (SSSR count). The summed E-state index contributed by atoms with van der Waals surface area (Å²) < 4.78 is 13.5. The molecular weight excluding hydrogens is 225 g/mol. The van der Waals surface area contributed by atoms with Crippen molar-refractivity contribution in [2.75, 3.05) is 7.05 Å². The molecule has 0 saturated carbocycles. The largest absolute Gasteiger partial charge is 0.311 e. The average molecular weight is 237 g/mol. The zero-order chi connectivity index (χ0) is 11.5. The molecule has 1 atom stereocenters. The van der Waals surface area contributed by atoms with Crippen molar-refractivity contribution in [3.05, 3.63) is 35.1 Å². The molecule has 0 fully saturated rings. The second kappa shape index (κ2) is 4.67. The molecule has 0 saturated heterocycles. The lowest BCUT2D eigenvalue weighted by molar-refractivity contribution is 0.630. The quantitative estimate of drug-likeness (QED) is 0.891. The van der Waals surface area contributed by atoms with Gasteiger partial charge in [-0.3, -0.25) is 0 Å². The van der Waals surface area contributed by atoms with Crippen molar-refractivity contribution in [2.45, 2.75) is 13.0 Å². The zero-order valence-electron chi connectivity index (χ0n) is 9.07. The Hall–Kier alpha value is -1.33. The summed E-state index contributed by atoms with van der Waals surface area (Å²) in [5.41, 5.74) is 0.509. The van der Waals surface area contributed by atoms with Crippen LogP contribution in [0.5, 0.6) is 0 Å². The third-order valence-corrected chi connectivity index (χ3v) is 3.49. The van der Waals surface area contributed by atoms with Gasteiger partial charge in [0, 0.05) is 5.56 Å². The molecule has 0 amide bonds. The van der Waals surface area contributed by atoms with Crippen LogP contribution < -0.4 is 5.32 Å². The first-order valence-electron chi connectivity index (χ1n) is 4.98. The van der Waals surface area contributed by atoms with Crippen molar-refractivity contribution in [2.24, 2.45) is 0 Å². The lowest BCUT2D eigenvalue weighted by Crippen LogP contribution is -2.11. The number of nitrogens with one attached hydrogen (secondary N) is 1. The SMILES string of the molecule is CNC(C)c1nnc(-c2ccccc2F)s1. The van der Waals surface area contributed by atoms with E-state index in [-0.39, 0.29) is 11.9 Å². The summed E-state index contributed by atoms with van der Waals surface area (Å²) >= 11 is 1.41. The molecule has 1 aromatic heterocycles. The van der Waals surface area contributed by atoms with E-state index in [0.717, 1.165) is 5.01 Å². The van der Waals surface area contributed by atoms with Gasteiger partial charge < -0.3 is 5.32 Å². The molecular formula is C11H12FN3S. The van der Waals surface area contributed by atoms with Crippen LogP contribution in [0.3, 0.4) is 0 Å². The number of hydrogen-bond donors (Lipinski definition) is 1. The van der Waals surface area contributed by atoms with Gasteiger partial charge in [0.2, 0.25) is 0 Å². The Bertz CT molecular complexity index is 484. The summed E-state index contributed by atoms with van der Waals surface area (Å²) in [7, 11) is 1.86. The molecule has 0 spiro atoms. The molecule has 1 aromatic carbocycles. The van der Waals surface area contributed by atoms with Crippen LogP contribution in [0, 0.1) is 5.82 Å². The fourth-order valence-corrected chi connectivity index (χ4v) is 2.21. The molecule has 84 valence electrons. The highest BCUT2D eigenvalue weighted by molar-refractivity contribution is 7.14. The molecule has 1 heterocycles. The molecule has 1 N–H and O–H groups in total. The molecule has 0 radical (unpaired) electrons. The van der Waals surface area contributed by atoms with E-state index in [1.54, 1.807) is 18.2 Å². The van der Waals surface area contributed by atoms with Crippen molar-refractivity contribution in [1.29, 1.82) is 0 Å². The Morgan fingerprint density at radius 3 is 2.75 bits per heavy atom. The third kappa shape index (κ3) is 2.10. The van der Waals surface area contributed by atoms with E-state index >= 15 is 0 Å². The lowest BCUT2D eigenvalue weighted by Gasteiger charge is -2.02. The smallest absolute Gasteiger partial charge is 0.150 e.